The Bertz CT molecular complexity index is 1190. The van der Waals surface area contributed by atoms with Crippen LogP contribution in [0.1, 0.15) is 73.1 Å². The topological polar surface area (TPSA) is 80.7 Å². The quantitative estimate of drug-likeness (QED) is 0.457. The first-order chi connectivity index (χ1) is 16.2. The van der Waals surface area contributed by atoms with Crippen molar-refractivity contribution in [1.29, 1.82) is 0 Å². The summed E-state index contributed by atoms with van der Waals surface area (Å²) in [6.45, 7) is 2.40. The van der Waals surface area contributed by atoms with Crippen molar-refractivity contribution in [3.05, 3.63) is 64.7 Å². The lowest BCUT2D eigenvalue weighted by molar-refractivity contribution is -0.130. The molecule has 3 aliphatic carbocycles. The number of benzene rings is 2. The summed E-state index contributed by atoms with van der Waals surface area (Å²) in [6, 6.07) is 14.5. The van der Waals surface area contributed by atoms with Gasteiger partial charge in [-0.05, 0) is 96.6 Å². The third-order valence-corrected chi connectivity index (χ3v) is 9.34. The van der Waals surface area contributed by atoms with Crippen molar-refractivity contribution in [2.24, 2.45) is 17.3 Å². The highest BCUT2D eigenvalue weighted by atomic mass is 32.2. The second-order valence-electron chi connectivity index (χ2n) is 10.8. The number of fused-ring (bicyclic) bond motifs is 5. The average Bonchev–Trinajstić information content (AvgIpc) is 3.10. The Balaban J connectivity index is 1.43. The van der Waals surface area contributed by atoms with E-state index in [2.05, 4.69) is 37.3 Å². The van der Waals surface area contributed by atoms with E-state index in [1.54, 1.807) is 0 Å². The van der Waals surface area contributed by atoms with Gasteiger partial charge in [-0.25, -0.2) is 0 Å². The number of phenolic OH excluding ortho intramolecular Hbond substituents is 1. The van der Waals surface area contributed by atoms with Crippen molar-refractivity contribution >= 4 is 15.9 Å². The van der Waals surface area contributed by atoms with E-state index in [1.807, 2.05) is 12.1 Å². The van der Waals surface area contributed by atoms with Crippen LogP contribution in [0.3, 0.4) is 0 Å². The Morgan fingerprint density at radius 2 is 1.85 bits per heavy atom. The number of hydrogen-bond acceptors (Lipinski definition) is 5. The molecule has 0 spiro atoms. The Hall–Kier alpha value is -2.18. The molecule has 3 aliphatic rings. The third kappa shape index (κ3) is 4.31. The van der Waals surface area contributed by atoms with Gasteiger partial charge in [-0.3, -0.25) is 8.98 Å². The number of aryl methyl sites for hydroxylation is 2. The minimum Gasteiger partial charge on any atom is -0.508 e. The molecule has 0 saturated heterocycles. The number of Topliss-reactive ketones (excluding diaryl/α,β-unsaturated/α-hetero) is 1. The molecule has 0 aliphatic heterocycles. The average molecular weight is 483 g/mol. The normalized spacial score (nSPS) is 30.5. The van der Waals surface area contributed by atoms with Crippen LogP contribution in [-0.2, 0) is 31.9 Å². The van der Waals surface area contributed by atoms with Crippen LogP contribution in [0, 0.1) is 17.3 Å². The SMILES string of the molecule is C[C@]12CC(c3ccc(CCCOS(C)(=O)=O)cc3)[C@@H]3c4ccc(O)cc4CC[C@H]3[C@@H]1CCC2=O. The van der Waals surface area contributed by atoms with Crippen LogP contribution in [0.15, 0.2) is 42.5 Å². The fourth-order valence-electron chi connectivity index (χ4n) is 7.21. The molecule has 2 fully saturated rings. The Kier molecular flexibility index (Phi) is 6.09. The molecular formula is C28H34O5S. The molecule has 5 atom stereocenters. The third-order valence-electron chi connectivity index (χ3n) is 8.74. The Morgan fingerprint density at radius 3 is 2.59 bits per heavy atom. The molecule has 0 amide bonds. The monoisotopic (exact) mass is 482 g/mol. The highest BCUT2D eigenvalue weighted by molar-refractivity contribution is 7.85. The molecule has 2 aromatic rings. The van der Waals surface area contributed by atoms with Gasteiger partial charge < -0.3 is 5.11 Å². The molecule has 1 unspecified atom stereocenters. The number of ketones is 1. The van der Waals surface area contributed by atoms with E-state index in [4.69, 9.17) is 4.18 Å². The van der Waals surface area contributed by atoms with Gasteiger partial charge in [0.2, 0.25) is 0 Å². The highest BCUT2D eigenvalue weighted by Gasteiger charge is 2.57. The molecule has 1 N–H and O–H groups in total. The van der Waals surface area contributed by atoms with E-state index in [0.717, 1.165) is 43.9 Å². The van der Waals surface area contributed by atoms with Crippen molar-refractivity contribution in [2.75, 3.05) is 12.9 Å². The lowest BCUT2D eigenvalue weighted by Crippen LogP contribution is -2.46. The van der Waals surface area contributed by atoms with Crippen molar-refractivity contribution in [1.82, 2.24) is 0 Å². The zero-order valence-electron chi connectivity index (χ0n) is 20.0. The first-order valence-electron chi connectivity index (χ1n) is 12.4. The second-order valence-corrected chi connectivity index (χ2v) is 12.4. The lowest BCUT2D eigenvalue weighted by atomic mass is 9.51. The molecule has 6 heteroatoms. The van der Waals surface area contributed by atoms with E-state index < -0.39 is 10.1 Å². The van der Waals surface area contributed by atoms with Crippen molar-refractivity contribution in [3.8, 4) is 5.75 Å². The minimum atomic E-state index is -3.40. The van der Waals surface area contributed by atoms with Gasteiger partial charge in [-0.2, -0.15) is 8.42 Å². The Morgan fingerprint density at radius 1 is 1.09 bits per heavy atom. The van der Waals surface area contributed by atoms with Crippen LogP contribution in [-0.4, -0.2) is 32.2 Å². The summed E-state index contributed by atoms with van der Waals surface area (Å²) in [7, 11) is -3.40. The number of carbonyl (C=O) groups is 1. The van der Waals surface area contributed by atoms with Crippen molar-refractivity contribution < 1.29 is 22.5 Å². The van der Waals surface area contributed by atoms with E-state index >= 15 is 0 Å². The predicted octanol–water partition coefficient (Wildman–Crippen LogP) is 5.12. The summed E-state index contributed by atoms with van der Waals surface area (Å²) >= 11 is 0. The van der Waals surface area contributed by atoms with Crippen molar-refractivity contribution in [3.63, 3.8) is 0 Å². The molecule has 5 nitrogen and oxygen atoms in total. The number of hydrogen-bond donors (Lipinski definition) is 1. The summed E-state index contributed by atoms with van der Waals surface area (Å²) in [5.74, 6) is 2.31. The molecule has 0 bridgehead atoms. The molecule has 0 radical (unpaired) electrons. The van der Waals surface area contributed by atoms with Gasteiger partial charge in [0, 0.05) is 11.8 Å². The number of rotatable bonds is 6. The zero-order chi connectivity index (χ0) is 24.1. The van der Waals surface area contributed by atoms with Crippen LogP contribution in [0.5, 0.6) is 5.75 Å². The van der Waals surface area contributed by atoms with E-state index in [0.29, 0.717) is 42.1 Å². The van der Waals surface area contributed by atoms with E-state index in [1.165, 1.54) is 16.7 Å². The molecule has 2 aromatic carbocycles. The lowest BCUT2D eigenvalue weighted by Gasteiger charge is -2.52. The summed E-state index contributed by atoms with van der Waals surface area (Å²) < 4.78 is 27.2. The second kappa shape index (κ2) is 8.80. The molecule has 5 rings (SSSR count). The molecule has 0 aromatic heterocycles. The number of aromatic hydroxyl groups is 1. The van der Waals surface area contributed by atoms with Crippen LogP contribution in [0.2, 0.25) is 0 Å². The number of phenols is 1. The van der Waals surface area contributed by atoms with Gasteiger partial charge in [-0.1, -0.05) is 37.3 Å². The molecular weight excluding hydrogens is 448 g/mol. The summed E-state index contributed by atoms with van der Waals surface area (Å²) in [4.78, 5) is 13.1. The molecule has 34 heavy (non-hydrogen) atoms. The summed E-state index contributed by atoms with van der Waals surface area (Å²) in [5, 5.41) is 10.1. The largest absolute Gasteiger partial charge is 0.508 e. The first-order valence-corrected chi connectivity index (χ1v) is 14.3. The van der Waals surface area contributed by atoms with Crippen molar-refractivity contribution in [2.45, 2.75) is 63.7 Å². The van der Waals surface area contributed by atoms with Gasteiger partial charge in [-0.15, -0.1) is 0 Å². The van der Waals surface area contributed by atoms with Gasteiger partial charge >= 0.3 is 0 Å². The van der Waals surface area contributed by atoms with Gasteiger partial charge in [0.05, 0.1) is 12.9 Å². The predicted molar refractivity (Wildman–Crippen MR) is 131 cm³/mol. The van der Waals surface area contributed by atoms with E-state index in [9.17, 15) is 18.3 Å². The fourth-order valence-corrected chi connectivity index (χ4v) is 7.63. The summed E-state index contributed by atoms with van der Waals surface area (Å²) in [5.41, 5.74) is 4.78. The van der Waals surface area contributed by atoms with E-state index in [-0.39, 0.29) is 17.9 Å². The van der Waals surface area contributed by atoms with Crippen LogP contribution < -0.4 is 0 Å². The Labute approximate surface area is 202 Å². The number of carbonyl (C=O) groups excluding carboxylic acids is 1. The highest BCUT2D eigenvalue weighted by Crippen LogP contribution is 2.64. The van der Waals surface area contributed by atoms with Crippen LogP contribution in [0.4, 0.5) is 0 Å². The van der Waals surface area contributed by atoms with Gasteiger partial charge in [0.25, 0.3) is 10.1 Å². The standard InChI is InChI=1S/C28H34O5S/c1-28-17-24(19-7-5-18(6-8-19)4-3-15-33-34(2,31)32)27-22-12-10-21(29)16-20(22)9-11-23(27)25(28)13-14-26(28)30/h5-8,10,12,16,23-25,27,29H,3-4,9,11,13-15,17H2,1-2H3/t23-,24?,25-,27+,28-/m0/s1. The van der Waals surface area contributed by atoms with Gasteiger partial charge in [0.1, 0.15) is 11.5 Å². The van der Waals surface area contributed by atoms with Crippen LogP contribution in [0.25, 0.3) is 0 Å². The summed E-state index contributed by atoms with van der Waals surface area (Å²) in [6.07, 6.45) is 7.10. The molecule has 182 valence electrons. The minimum absolute atomic E-state index is 0.193. The zero-order valence-corrected chi connectivity index (χ0v) is 20.8. The maximum absolute atomic E-state index is 13.1. The smallest absolute Gasteiger partial charge is 0.264 e. The maximum Gasteiger partial charge on any atom is 0.264 e. The van der Waals surface area contributed by atoms with Gasteiger partial charge in [0.15, 0.2) is 0 Å². The fraction of sp³-hybridized carbons (Fsp3) is 0.536. The maximum atomic E-state index is 13.1. The molecule has 2 saturated carbocycles. The molecule has 0 heterocycles. The first kappa shape index (κ1) is 23.6. The van der Waals surface area contributed by atoms with Crippen LogP contribution >= 0.6 is 0 Å².